The summed E-state index contributed by atoms with van der Waals surface area (Å²) in [6, 6.07) is 1.42. The molecule has 1 heteroatoms. The molecule has 0 aromatic rings. The van der Waals surface area contributed by atoms with E-state index >= 15 is 0 Å². The fourth-order valence-electron chi connectivity index (χ4n) is 3.07. The molecule has 1 saturated carbocycles. The van der Waals surface area contributed by atoms with E-state index in [0.717, 1.165) is 11.8 Å². The fourth-order valence-corrected chi connectivity index (χ4v) is 3.07. The Morgan fingerprint density at radius 2 is 1.56 bits per heavy atom. The molecule has 16 heavy (non-hydrogen) atoms. The molecule has 2 atom stereocenters. The number of rotatable bonds is 5. The summed E-state index contributed by atoms with van der Waals surface area (Å²) in [4.78, 5) is 0. The van der Waals surface area contributed by atoms with Gasteiger partial charge in [0.05, 0.1) is 0 Å². The van der Waals surface area contributed by atoms with Crippen LogP contribution in [0.1, 0.15) is 72.6 Å². The van der Waals surface area contributed by atoms with E-state index < -0.39 is 0 Å². The highest BCUT2D eigenvalue weighted by Gasteiger charge is 2.21. The lowest BCUT2D eigenvalue weighted by atomic mass is 9.91. The Hall–Kier alpha value is -0.0400. The average molecular weight is 225 g/mol. The zero-order valence-corrected chi connectivity index (χ0v) is 11.8. The highest BCUT2D eigenvalue weighted by molar-refractivity contribution is 4.79. The summed E-state index contributed by atoms with van der Waals surface area (Å²) in [6.45, 7) is 9.38. The molecule has 0 spiro atoms. The molecule has 0 aliphatic heterocycles. The smallest absolute Gasteiger partial charge is 0.00900 e. The quantitative estimate of drug-likeness (QED) is 0.685. The molecule has 1 N–H and O–H groups in total. The first kappa shape index (κ1) is 14.0. The molecular weight excluding hydrogens is 194 g/mol. The lowest BCUT2D eigenvalue weighted by molar-refractivity contribution is 0.273. The topological polar surface area (TPSA) is 12.0 Å². The third kappa shape index (κ3) is 4.45. The molecule has 0 aromatic heterocycles. The molecule has 0 saturated heterocycles. The summed E-state index contributed by atoms with van der Waals surface area (Å²) >= 11 is 0. The number of nitrogens with one attached hydrogen (secondary N) is 1. The summed E-state index contributed by atoms with van der Waals surface area (Å²) in [5.74, 6) is 1.69. The third-order valence-corrected chi connectivity index (χ3v) is 4.33. The molecule has 0 radical (unpaired) electrons. The molecule has 0 bridgehead atoms. The van der Waals surface area contributed by atoms with Crippen LogP contribution in [0.25, 0.3) is 0 Å². The van der Waals surface area contributed by atoms with E-state index in [1.54, 1.807) is 0 Å². The largest absolute Gasteiger partial charge is 0.311 e. The van der Waals surface area contributed by atoms with Crippen LogP contribution in [0.2, 0.25) is 0 Å². The molecule has 1 rings (SSSR count). The zero-order valence-electron chi connectivity index (χ0n) is 11.8. The van der Waals surface area contributed by atoms with Crippen molar-refractivity contribution in [1.82, 2.24) is 5.32 Å². The maximum atomic E-state index is 3.86. The van der Waals surface area contributed by atoms with Gasteiger partial charge in [-0.3, -0.25) is 0 Å². The minimum absolute atomic E-state index is 0.707. The Morgan fingerprint density at radius 1 is 1.00 bits per heavy atom. The monoisotopic (exact) mass is 225 g/mol. The van der Waals surface area contributed by atoms with Crippen molar-refractivity contribution < 1.29 is 0 Å². The molecule has 0 aromatic carbocycles. The van der Waals surface area contributed by atoms with Crippen LogP contribution in [0.3, 0.4) is 0 Å². The van der Waals surface area contributed by atoms with E-state index in [2.05, 4.69) is 33.0 Å². The Bertz CT molecular complexity index is 168. The van der Waals surface area contributed by atoms with Crippen LogP contribution < -0.4 is 5.32 Å². The summed E-state index contributed by atoms with van der Waals surface area (Å²) < 4.78 is 0. The second kappa shape index (κ2) is 7.32. The molecule has 1 aliphatic rings. The lowest BCUT2D eigenvalue weighted by Crippen LogP contribution is -2.43. The molecule has 1 unspecified atom stereocenters. The first-order valence-corrected chi connectivity index (χ1v) is 7.41. The van der Waals surface area contributed by atoms with Crippen LogP contribution in [0.5, 0.6) is 0 Å². The van der Waals surface area contributed by atoms with Gasteiger partial charge in [0.15, 0.2) is 0 Å². The van der Waals surface area contributed by atoms with Crippen molar-refractivity contribution in [1.29, 1.82) is 0 Å². The SMILES string of the molecule is CCC(N[C@@H](C)C1CCCCCC1)C(C)C. The molecule has 0 heterocycles. The van der Waals surface area contributed by atoms with Gasteiger partial charge >= 0.3 is 0 Å². The van der Waals surface area contributed by atoms with Crippen LogP contribution in [0.15, 0.2) is 0 Å². The summed E-state index contributed by atoms with van der Waals surface area (Å²) in [5.41, 5.74) is 0. The molecule has 96 valence electrons. The molecular formula is C15H31N. The van der Waals surface area contributed by atoms with E-state index in [4.69, 9.17) is 0 Å². The minimum atomic E-state index is 0.707. The highest BCUT2D eigenvalue weighted by atomic mass is 15.0. The standard InChI is InChI=1S/C15H31N/c1-5-15(12(2)3)16-13(4)14-10-8-6-7-9-11-14/h12-16H,5-11H2,1-4H3/t13-,15?/m0/s1. The van der Waals surface area contributed by atoms with Gasteiger partial charge in [0.2, 0.25) is 0 Å². The summed E-state index contributed by atoms with van der Waals surface area (Å²) in [6.07, 6.45) is 9.99. The minimum Gasteiger partial charge on any atom is -0.311 e. The predicted octanol–water partition coefficient (Wildman–Crippen LogP) is 4.37. The van der Waals surface area contributed by atoms with Gasteiger partial charge in [-0.15, -0.1) is 0 Å². The van der Waals surface area contributed by atoms with Crippen LogP contribution in [-0.2, 0) is 0 Å². The zero-order chi connectivity index (χ0) is 12.0. The van der Waals surface area contributed by atoms with Crippen molar-refractivity contribution >= 4 is 0 Å². The second-order valence-corrected chi connectivity index (χ2v) is 5.97. The van der Waals surface area contributed by atoms with Crippen molar-refractivity contribution in [2.75, 3.05) is 0 Å². The first-order valence-electron chi connectivity index (χ1n) is 7.41. The lowest BCUT2D eigenvalue weighted by Gasteiger charge is -2.30. The van der Waals surface area contributed by atoms with Crippen molar-refractivity contribution in [2.24, 2.45) is 11.8 Å². The van der Waals surface area contributed by atoms with E-state index in [1.165, 1.54) is 44.9 Å². The maximum absolute atomic E-state index is 3.86. The fraction of sp³-hybridized carbons (Fsp3) is 1.00. The third-order valence-electron chi connectivity index (χ3n) is 4.33. The van der Waals surface area contributed by atoms with Gasteiger partial charge in [-0.2, -0.15) is 0 Å². The van der Waals surface area contributed by atoms with E-state index in [9.17, 15) is 0 Å². The van der Waals surface area contributed by atoms with Crippen molar-refractivity contribution in [3.8, 4) is 0 Å². The Kier molecular flexibility index (Phi) is 6.41. The molecule has 1 nitrogen and oxygen atoms in total. The highest BCUT2D eigenvalue weighted by Crippen LogP contribution is 2.26. The van der Waals surface area contributed by atoms with E-state index in [0.29, 0.717) is 12.1 Å². The predicted molar refractivity (Wildman–Crippen MR) is 72.7 cm³/mol. The van der Waals surface area contributed by atoms with Crippen LogP contribution in [0.4, 0.5) is 0 Å². The summed E-state index contributed by atoms with van der Waals surface area (Å²) in [5, 5.41) is 3.86. The Morgan fingerprint density at radius 3 is 2.00 bits per heavy atom. The van der Waals surface area contributed by atoms with Gasteiger partial charge in [0, 0.05) is 12.1 Å². The van der Waals surface area contributed by atoms with Crippen molar-refractivity contribution in [3.05, 3.63) is 0 Å². The van der Waals surface area contributed by atoms with Gasteiger partial charge < -0.3 is 5.32 Å². The summed E-state index contributed by atoms with van der Waals surface area (Å²) in [7, 11) is 0. The second-order valence-electron chi connectivity index (χ2n) is 5.97. The number of hydrogen-bond donors (Lipinski definition) is 1. The average Bonchev–Trinajstić information content (AvgIpc) is 2.53. The first-order chi connectivity index (χ1) is 7.65. The van der Waals surface area contributed by atoms with Crippen molar-refractivity contribution in [3.63, 3.8) is 0 Å². The normalized spacial score (nSPS) is 23.1. The van der Waals surface area contributed by atoms with Gasteiger partial charge in [0.1, 0.15) is 0 Å². The Labute approximate surface area is 102 Å². The Balaban J connectivity index is 2.39. The van der Waals surface area contributed by atoms with E-state index in [-0.39, 0.29) is 0 Å². The molecule has 1 aliphatic carbocycles. The van der Waals surface area contributed by atoms with Crippen LogP contribution >= 0.6 is 0 Å². The molecule has 1 fully saturated rings. The van der Waals surface area contributed by atoms with Crippen LogP contribution in [-0.4, -0.2) is 12.1 Å². The van der Waals surface area contributed by atoms with Gasteiger partial charge in [-0.25, -0.2) is 0 Å². The van der Waals surface area contributed by atoms with E-state index in [1.807, 2.05) is 0 Å². The van der Waals surface area contributed by atoms with Gasteiger partial charge in [-0.1, -0.05) is 46.5 Å². The van der Waals surface area contributed by atoms with Gasteiger partial charge in [-0.05, 0) is 38.0 Å². The molecule has 0 amide bonds. The number of hydrogen-bond acceptors (Lipinski definition) is 1. The van der Waals surface area contributed by atoms with Gasteiger partial charge in [0.25, 0.3) is 0 Å². The maximum Gasteiger partial charge on any atom is 0.00900 e. The van der Waals surface area contributed by atoms with Crippen LogP contribution in [0, 0.1) is 11.8 Å². The van der Waals surface area contributed by atoms with Crippen molar-refractivity contribution in [2.45, 2.75) is 84.7 Å².